The fourth-order valence-corrected chi connectivity index (χ4v) is 2.35. The van der Waals surface area contributed by atoms with Crippen molar-refractivity contribution in [2.45, 2.75) is 45.6 Å². The first-order valence-corrected chi connectivity index (χ1v) is 6.75. The van der Waals surface area contributed by atoms with Gasteiger partial charge in [0.25, 0.3) is 0 Å². The molecule has 2 rings (SSSR count). The number of hydrogen-bond acceptors (Lipinski definition) is 2. The van der Waals surface area contributed by atoms with E-state index in [0.717, 1.165) is 18.5 Å². The first-order valence-electron chi connectivity index (χ1n) is 6.75. The Morgan fingerprint density at radius 2 is 1.89 bits per heavy atom. The maximum absolute atomic E-state index is 12.1. The molecule has 0 spiro atoms. The zero-order chi connectivity index (χ0) is 13.0. The van der Waals surface area contributed by atoms with Crippen molar-refractivity contribution in [2.75, 3.05) is 11.4 Å². The molecule has 3 nitrogen and oxygen atoms in total. The summed E-state index contributed by atoms with van der Waals surface area (Å²) in [5.41, 5.74) is 2.10. The average molecular weight is 247 g/mol. The van der Waals surface area contributed by atoms with E-state index in [1.807, 2.05) is 38.1 Å². The lowest BCUT2D eigenvalue weighted by atomic mass is 10.2. The summed E-state index contributed by atoms with van der Waals surface area (Å²) < 4.78 is 5.54. The Kier molecular flexibility index (Phi) is 4.24. The van der Waals surface area contributed by atoms with E-state index in [2.05, 4.69) is 0 Å². The number of nitrogens with zero attached hydrogens (tertiary/aromatic N) is 1. The van der Waals surface area contributed by atoms with Gasteiger partial charge in [0.2, 0.25) is 0 Å². The van der Waals surface area contributed by atoms with E-state index in [9.17, 15) is 4.79 Å². The number of amides is 1. The molecule has 1 fully saturated rings. The number of anilines is 1. The minimum Gasteiger partial charge on any atom is -0.446 e. The molecule has 3 heteroatoms. The average Bonchev–Trinajstić information content (AvgIpc) is 2.85. The lowest BCUT2D eigenvalue weighted by molar-refractivity contribution is 0.108. The van der Waals surface area contributed by atoms with Gasteiger partial charge in [0.1, 0.15) is 6.10 Å². The Labute approximate surface area is 109 Å². The SMILES string of the molecule is CCN(C(=O)OC1CCCC1)c1ccc(C)cc1. The first kappa shape index (κ1) is 12.9. The van der Waals surface area contributed by atoms with E-state index < -0.39 is 0 Å². The third-order valence-electron chi connectivity index (χ3n) is 3.45. The molecule has 0 atom stereocenters. The number of carbonyl (C=O) groups excluding carboxylic acids is 1. The molecule has 0 unspecified atom stereocenters. The fourth-order valence-electron chi connectivity index (χ4n) is 2.35. The number of hydrogen-bond donors (Lipinski definition) is 0. The molecule has 1 aliphatic rings. The van der Waals surface area contributed by atoms with Crippen molar-refractivity contribution in [3.63, 3.8) is 0 Å². The summed E-state index contributed by atoms with van der Waals surface area (Å²) in [6.45, 7) is 4.64. The molecule has 0 saturated heterocycles. The van der Waals surface area contributed by atoms with Crippen LogP contribution in [0, 0.1) is 6.92 Å². The molecular formula is C15H21NO2. The van der Waals surface area contributed by atoms with Crippen LogP contribution in [-0.2, 0) is 4.74 Å². The first-order chi connectivity index (χ1) is 8.70. The summed E-state index contributed by atoms with van der Waals surface area (Å²) >= 11 is 0. The number of rotatable bonds is 3. The molecule has 0 heterocycles. The van der Waals surface area contributed by atoms with Gasteiger partial charge >= 0.3 is 6.09 Å². The van der Waals surface area contributed by atoms with E-state index in [0.29, 0.717) is 6.54 Å². The predicted molar refractivity (Wildman–Crippen MR) is 72.9 cm³/mol. The zero-order valence-electron chi connectivity index (χ0n) is 11.2. The highest BCUT2D eigenvalue weighted by molar-refractivity contribution is 5.87. The van der Waals surface area contributed by atoms with Crippen LogP contribution in [0.5, 0.6) is 0 Å². The lowest BCUT2D eigenvalue weighted by Crippen LogP contribution is -2.33. The summed E-state index contributed by atoms with van der Waals surface area (Å²) in [7, 11) is 0. The molecule has 1 amide bonds. The standard InChI is InChI=1S/C15H21NO2/c1-3-16(13-10-8-12(2)9-11-13)15(17)18-14-6-4-5-7-14/h8-11,14H,3-7H2,1-2H3. The van der Waals surface area contributed by atoms with Crippen LogP contribution in [0.15, 0.2) is 24.3 Å². The molecule has 0 radical (unpaired) electrons. The Morgan fingerprint density at radius 3 is 2.44 bits per heavy atom. The van der Waals surface area contributed by atoms with E-state index in [1.54, 1.807) is 4.90 Å². The Bertz CT molecular complexity index is 393. The highest BCUT2D eigenvalue weighted by atomic mass is 16.6. The molecule has 0 aromatic heterocycles. The van der Waals surface area contributed by atoms with Gasteiger partial charge in [-0.05, 0) is 51.7 Å². The van der Waals surface area contributed by atoms with Crippen LogP contribution < -0.4 is 4.90 Å². The number of aryl methyl sites for hydroxylation is 1. The third-order valence-corrected chi connectivity index (χ3v) is 3.45. The van der Waals surface area contributed by atoms with Crippen molar-refractivity contribution >= 4 is 11.8 Å². The van der Waals surface area contributed by atoms with Crippen molar-refractivity contribution in [2.24, 2.45) is 0 Å². The Hall–Kier alpha value is -1.51. The number of carbonyl (C=O) groups is 1. The van der Waals surface area contributed by atoms with Crippen molar-refractivity contribution < 1.29 is 9.53 Å². The van der Waals surface area contributed by atoms with Gasteiger partial charge in [0.05, 0.1) is 0 Å². The van der Waals surface area contributed by atoms with Gasteiger partial charge in [0.15, 0.2) is 0 Å². The molecular weight excluding hydrogens is 226 g/mol. The molecule has 1 saturated carbocycles. The molecule has 0 N–H and O–H groups in total. The zero-order valence-corrected chi connectivity index (χ0v) is 11.2. The van der Waals surface area contributed by atoms with E-state index >= 15 is 0 Å². The maximum Gasteiger partial charge on any atom is 0.414 e. The monoisotopic (exact) mass is 247 g/mol. The number of ether oxygens (including phenoxy) is 1. The highest BCUT2D eigenvalue weighted by Crippen LogP contribution is 2.23. The van der Waals surface area contributed by atoms with Crippen molar-refractivity contribution in [1.82, 2.24) is 0 Å². The molecule has 0 bridgehead atoms. The van der Waals surface area contributed by atoms with Gasteiger partial charge in [-0.15, -0.1) is 0 Å². The van der Waals surface area contributed by atoms with Gasteiger partial charge in [0, 0.05) is 12.2 Å². The summed E-state index contributed by atoms with van der Waals surface area (Å²) in [6.07, 6.45) is 4.28. The molecule has 98 valence electrons. The van der Waals surface area contributed by atoms with Crippen LogP contribution >= 0.6 is 0 Å². The highest BCUT2D eigenvalue weighted by Gasteiger charge is 2.23. The Morgan fingerprint density at radius 1 is 1.28 bits per heavy atom. The van der Waals surface area contributed by atoms with Gasteiger partial charge in [-0.25, -0.2) is 4.79 Å². The second-order valence-electron chi connectivity index (χ2n) is 4.87. The summed E-state index contributed by atoms with van der Waals surface area (Å²) in [6, 6.07) is 7.96. The van der Waals surface area contributed by atoms with Crippen molar-refractivity contribution in [3.8, 4) is 0 Å². The fraction of sp³-hybridized carbons (Fsp3) is 0.533. The van der Waals surface area contributed by atoms with E-state index in [4.69, 9.17) is 4.74 Å². The van der Waals surface area contributed by atoms with E-state index in [-0.39, 0.29) is 12.2 Å². The van der Waals surface area contributed by atoms with Crippen LogP contribution in [0.4, 0.5) is 10.5 Å². The van der Waals surface area contributed by atoms with Crippen LogP contribution in [0.1, 0.15) is 38.2 Å². The Balaban J connectivity index is 2.02. The van der Waals surface area contributed by atoms with Crippen LogP contribution in [0.3, 0.4) is 0 Å². The molecule has 18 heavy (non-hydrogen) atoms. The lowest BCUT2D eigenvalue weighted by Gasteiger charge is -2.22. The normalized spacial score (nSPS) is 15.7. The predicted octanol–water partition coefficient (Wildman–Crippen LogP) is 3.90. The van der Waals surface area contributed by atoms with Crippen LogP contribution in [0.2, 0.25) is 0 Å². The summed E-state index contributed by atoms with van der Waals surface area (Å²) in [5, 5.41) is 0. The molecule has 0 aliphatic heterocycles. The summed E-state index contributed by atoms with van der Waals surface area (Å²) in [4.78, 5) is 13.8. The largest absolute Gasteiger partial charge is 0.446 e. The molecule has 1 aromatic carbocycles. The van der Waals surface area contributed by atoms with E-state index in [1.165, 1.54) is 18.4 Å². The molecule has 1 aromatic rings. The minimum atomic E-state index is -0.215. The van der Waals surface area contributed by atoms with Crippen molar-refractivity contribution in [1.29, 1.82) is 0 Å². The minimum absolute atomic E-state index is 0.122. The smallest absolute Gasteiger partial charge is 0.414 e. The van der Waals surface area contributed by atoms with Crippen LogP contribution in [-0.4, -0.2) is 18.7 Å². The second-order valence-corrected chi connectivity index (χ2v) is 4.87. The topological polar surface area (TPSA) is 29.5 Å². The second kappa shape index (κ2) is 5.89. The van der Waals surface area contributed by atoms with Crippen LogP contribution in [0.25, 0.3) is 0 Å². The van der Waals surface area contributed by atoms with Gasteiger partial charge in [-0.3, -0.25) is 4.90 Å². The summed E-state index contributed by atoms with van der Waals surface area (Å²) in [5.74, 6) is 0. The number of benzene rings is 1. The van der Waals surface area contributed by atoms with Gasteiger partial charge in [-0.2, -0.15) is 0 Å². The third kappa shape index (κ3) is 3.03. The molecule has 1 aliphatic carbocycles. The van der Waals surface area contributed by atoms with Crippen molar-refractivity contribution in [3.05, 3.63) is 29.8 Å². The van der Waals surface area contributed by atoms with Gasteiger partial charge in [-0.1, -0.05) is 17.7 Å². The van der Waals surface area contributed by atoms with Gasteiger partial charge < -0.3 is 4.74 Å². The quantitative estimate of drug-likeness (QED) is 0.810. The maximum atomic E-state index is 12.1.